The fourth-order valence-corrected chi connectivity index (χ4v) is 2.73. The van der Waals surface area contributed by atoms with Crippen LogP contribution in [0.5, 0.6) is 0 Å². The topological polar surface area (TPSA) is 86.7 Å². The highest BCUT2D eigenvalue weighted by molar-refractivity contribution is 6.60. The molecule has 0 saturated carbocycles. The number of hydrogen-bond acceptors (Lipinski definition) is 6. The van der Waals surface area contributed by atoms with Gasteiger partial charge >= 0.3 is 11.9 Å². The maximum absolute atomic E-state index is 12.4. The number of benzene rings is 2. The van der Waals surface area contributed by atoms with Crippen molar-refractivity contribution in [2.75, 3.05) is 14.2 Å². The first-order chi connectivity index (χ1) is 11.5. The molecule has 3 rings (SSSR count). The van der Waals surface area contributed by atoms with Gasteiger partial charge in [-0.15, -0.1) is 0 Å². The molecular weight excluding hydrogens is 312 g/mol. The summed E-state index contributed by atoms with van der Waals surface area (Å²) in [5.41, 5.74) is -0.607. The lowest BCUT2D eigenvalue weighted by Gasteiger charge is -2.19. The van der Waals surface area contributed by atoms with Gasteiger partial charge in [0.05, 0.1) is 19.8 Å². The molecule has 24 heavy (non-hydrogen) atoms. The Morgan fingerprint density at radius 1 is 0.750 bits per heavy atom. The summed E-state index contributed by atoms with van der Waals surface area (Å²) >= 11 is 0. The second-order valence-corrected chi connectivity index (χ2v) is 5.14. The van der Waals surface area contributed by atoms with Crippen molar-refractivity contribution in [3.8, 4) is 0 Å². The van der Waals surface area contributed by atoms with Crippen molar-refractivity contribution >= 4 is 39.9 Å². The van der Waals surface area contributed by atoms with Crippen LogP contribution in [0.4, 0.5) is 0 Å². The lowest BCUT2D eigenvalue weighted by molar-refractivity contribution is -0.139. The number of methoxy groups -OCH3 is 2. The van der Waals surface area contributed by atoms with Crippen LogP contribution in [0.1, 0.15) is 15.9 Å². The SMILES string of the molecule is COC(=O)C1=C(C(=O)OC)c2cc3ccccc3cc2C(=O)C1=O. The molecule has 0 atom stereocenters. The number of ketones is 2. The van der Waals surface area contributed by atoms with E-state index in [1.807, 2.05) is 0 Å². The smallest absolute Gasteiger partial charge is 0.342 e. The molecule has 2 aromatic carbocycles. The summed E-state index contributed by atoms with van der Waals surface area (Å²) in [4.78, 5) is 48.9. The van der Waals surface area contributed by atoms with Gasteiger partial charge in [0.2, 0.25) is 11.6 Å². The van der Waals surface area contributed by atoms with Crippen molar-refractivity contribution in [2.24, 2.45) is 0 Å². The number of rotatable bonds is 2. The van der Waals surface area contributed by atoms with Crippen LogP contribution in [-0.4, -0.2) is 37.7 Å². The third kappa shape index (κ3) is 2.20. The molecule has 6 heteroatoms. The monoisotopic (exact) mass is 324 g/mol. The number of carbonyl (C=O) groups is 4. The van der Waals surface area contributed by atoms with Gasteiger partial charge in [0.25, 0.3) is 0 Å². The van der Waals surface area contributed by atoms with Crippen LogP contribution in [0.2, 0.25) is 0 Å². The zero-order chi connectivity index (χ0) is 17.4. The fourth-order valence-electron chi connectivity index (χ4n) is 2.73. The first kappa shape index (κ1) is 15.6. The Hall–Kier alpha value is -3.28. The van der Waals surface area contributed by atoms with Gasteiger partial charge in [-0.05, 0) is 22.9 Å². The van der Waals surface area contributed by atoms with Crippen LogP contribution < -0.4 is 0 Å². The first-order valence-corrected chi connectivity index (χ1v) is 7.02. The van der Waals surface area contributed by atoms with Gasteiger partial charge in [0, 0.05) is 11.1 Å². The Morgan fingerprint density at radius 2 is 1.25 bits per heavy atom. The molecule has 120 valence electrons. The van der Waals surface area contributed by atoms with E-state index in [-0.39, 0.29) is 16.7 Å². The Kier molecular flexibility index (Phi) is 3.73. The molecule has 1 aliphatic rings. The lowest BCUT2D eigenvalue weighted by atomic mass is 9.82. The summed E-state index contributed by atoms with van der Waals surface area (Å²) in [6.45, 7) is 0. The maximum Gasteiger partial charge on any atom is 0.342 e. The van der Waals surface area contributed by atoms with Crippen LogP contribution in [0.3, 0.4) is 0 Å². The molecule has 6 nitrogen and oxygen atoms in total. The number of ether oxygens (including phenoxy) is 2. The van der Waals surface area contributed by atoms with Crippen molar-refractivity contribution < 1.29 is 28.7 Å². The van der Waals surface area contributed by atoms with E-state index in [4.69, 9.17) is 4.74 Å². The second kappa shape index (κ2) is 5.73. The van der Waals surface area contributed by atoms with Crippen molar-refractivity contribution in [1.29, 1.82) is 0 Å². The van der Waals surface area contributed by atoms with Crippen molar-refractivity contribution in [1.82, 2.24) is 0 Å². The second-order valence-electron chi connectivity index (χ2n) is 5.14. The summed E-state index contributed by atoms with van der Waals surface area (Å²) in [5, 5.41) is 1.49. The summed E-state index contributed by atoms with van der Waals surface area (Å²) in [6, 6.07) is 10.3. The zero-order valence-electron chi connectivity index (χ0n) is 12.9. The Balaban J connectivity index is 2.43. The lowest BCUT2D eigenvalue weighted by Crippen LogP contribution is -2.31. The molecular formula is C18H12O6. The minimum absolute atomic E-state index is 0.0618. The Bertz CT molecular complexity index is 951. The molecule has 0 N–H and O–H groups in total. The van der Waals surface area contributed by atoms with E-state index in [9.17, 15) is 19.2 Å². The van der Waals surface area contributed by atoms with E-state index in [0.717, 1.165) is 25.0 Å². The largest absolute Gasteiger partial charge is 0.465 e. The Labute approximate surface area is 136 Å². The average molecular weight is 324 g/mol. The molecule has 0 aromatic heterocycles. The van der Waals surface area contributed by atoms with Crippen LogP contribution in [-0.2, 0) is 23.9 Å². The van der Waals surface area contributed by atoms with E-state index >= 15 is 0 Å². The molecule has 2 aromatic rings. The predicted molar refractivity (Wildman–Crippen MR) is 84.2 cm³/mol. The van der Waals surface area contributed by atoms with Gasteiger partial charge in [-0.1, -0.05) is 24.3 Å². The Morgan fingerprint density at radius 3 is 1.79 bits per heavy atom. The molecule has 1 aliphatic carbocycles. The van der Waals surface area contributed by atoms with Gasteiger partial charge in [0.15, 0.2) is 0 Å². The highest BCUT2D eigenvalue weighted by atomic mass is 16.5. The van der Waals surface area contributed by atoms with Crippen molar-refractivity contribution in [3.05, 3.63) is 53.1 Å². The van der Waals surface area contributed by atoms with Gasteiger partial charge in [-0.3, -0.25) is 9.59 Å². The molecule has 0 amide bonds. The quantitative estimate of drug-likeness (QED) is 0.475. The molecule has 0 heterocycles. The van der Waals surface area contributed by atoms with Gasteiger partial charge < -0.3 is 9.47 Å². The standard InChI is InChI=1S/C18H12O6/c1-23-17(21)13-11-7-9-5-3-4-6-10(9)8-12(11)15(19)16(20)14(13)18(22)24-2/h3-8H,1-2H3. The predicted octanol–water partition coefficient (Wildman–Crippen LogP) is 1.70. The highest BCUT2D eigenvalue weighted by Crippen LogP contribution is 2.34. The highest BCUT2D eigenvalue weighted by Gasteiger charge is 2.40. The number of fused-ring (bicyclic) bond motifs is 2. The number of hydrogen-bond donors (Lipinski definition) is 0. The van der Waals surface area contributed by atoms with E-state index in [0.29, 0.717) is 0 Å². The number of Topliss-reactive ketones (excluding diaryl/α,β-unsaturated/α-hetero) is 2. The van der Waals surface area contributed by atoms with E-state index in [1.165, 1.54) is 6.07 Å². The van der Waals surface area contributed by atoms with Crippen LogP contribution in [0.15, 0.2) is 42.0 Å². The molecule has 0 aliphatic heterocycles. The maximum atomic E-state index is 12.4. The van der Waals surface area contributed by atoms with Crippen molar-refractivity contribution in [2.45, 2.75) is 0 Å². The number of carbonyl (C=O) groups excluding carboxylic acids is 4. The summed E-state index contributed by atoms with van der Waals surface area (Å²) in [5.74, 6) is -3.87. The number of esters is 2. The van der Waals surface area contributed by atoms with Crippen LogP contribution in [0, 0.1) is 0 Å². The molecule has 0 spiro atoms. The average Bonchev–Trinajstić information content (AvgIpc) is 2.61. The summed E-state index contributed by atoms with van der Waals surface area (Å²) in [7, 11) is 2.20. The van der Waals surface area contributed by atoms with E-state index < -0.39 is 29.1 Å². The van der Waals surface area contributed by atoms with Gasteiger partial charge in [-0.25, -0.2) is 9.59 Å². The van der Waals surface area contributed by atoms with Crippen LogP contribution in [0.25, 0.3) is 16.3 Å². The molecule has 0 saturated heterocycles. The molecule has 0 bridgehead atoms. The zero-order valence-corrected chi connectivity index (χ0v) is 12.9. The first-order valence-electron chi connectivity index (χ1n) is 7.02. The normalized spacial score (nSPS) is 13.8. The fraction of sp³-hybridized carbons (Fsp3) is 0.111. The van der Waals surface area contributed by atoms with Gasteiger partial charge in [0.1, 0.15) is 5.57 Å². The minimum Gasteiger partial charge on any atom is -0.465 e. The summed E-state index contributed by atoms with van der Waals surface area (Å²) in [6.07, 6.45) is 0. The molecule has 0 unspecified atom stereocenters. The van der Waals surface area contributed by atoms with Crippen LogP contribution >= 0.6 is 0 Å². The summed E-state index contributed by atoms with van der Waals surface area (Å²) < 4.78 is 9.26. The third-order valence-corrected chi connectivity index (χ3v) is 3.86. The molecule has 0 fully saturated rings. The van der Waals surface area contributed by atoms with Gasteiger partial charge in [-0.2, -0.15) is 0 Å². The third-order valence-electron chi connectivity index (χ3n) is 3.86. The van der Waals surface area contributed by atoms with E-state index in [1.54, 1.807) is 30.3 Å². The molecule has 0 radical (unpaired) electrons. The van der Waals surface area contributed by atoms with Crippen molar-refractivity contribution in [3.63, 3.8) is 0 Å². The minimum atomic E-state index is -1.08. The van der Waals surface area contributed by atoms with E-state index in [2.05, 4.69) is 4.74 Å².